The molecule has 0 saturated carbocycles. The summed E-state index contributed by atoms with van der Waals surface area (Å²) in [6.45, 7) is 2.26. The summed E-state index contributed by atoms with van der Waals surface area (Å²) in [5.74, 6) is -0.870. The molecule has 0 fully saturated rings. The van der Waals surface area contributed by atoms with Crippen molar-refractivity contribution in [2.24, 2.45) is 0 Å². The molecule has 22 heavy (non-hydrogen) atoms. The Balaban J connectivity index is 2.03. The maximum atomic E-state index is 10.8. The number of carboxylic acids is 1. The molecule has 0 saturated heterocycles. The van der Waals surface area contributed by atoms with Gasteiger partial charge in [-0.2, -0.15) is 0 Å². The van der Waals surface area contributed by atoms with Crippen LogP contribution in [0.1, 0.15) is 87.1 Å². The first-order valence-electron chi connectivity index (χ1n) is 8.74. The molecule has 0 aliphatic rings. The van der Waals surface area contributed by atoms with E-state index in [1.807, 2.05) is 12.1 Å². The predicted octanol–water partition coefficient (Wildman–Crippen LogP) is 6.32. The number of unbranched alkanes of at least 4 members (excludes halogenated alkanes) is 9. The van der Waals surface area contributed by atoms with E-state index in [2.05, 4.69) is 19.1 Å². The fraction of sp³-hybridized carbons (Fsp3) is 0.550. The Kier molecular flexibility index (Phi) is 10.1. The third-order valence-corrected chi connectivity index (χ3v) is 3.94. The van der Waals surface area contributed by atoms with Gasteiger partial charge < -0.3 is 5.11 Å². The topological polar surface area (TPSA) is 37.3 Å². The number of carboxylic acid groups (broad SMARTS) is 1. The maximum absolute atomic E-state index is 10.8. The molecule has 0 amide bonds. The molecule has 1 rings (SSSR count). The zero-order chi connectivity index (χ0) is 16.0. The summed E-state index contributed by atoms with van der Waals surface area (Å²) in [5, 5.41) is 8.83. The lowest BCUT2D eigenvalue weighted by molar-refractivity contribution is 0.0697. The van der Waals surface area contributed by atoms with Gasteiger partial charge in [-0.3, -0.25) is 0 Å². The molecule has 0 aliphatic carbocycles. The van der Waals surface area contributed by atoms with E-state index in [1.165, 1.54) is 57.8 Å². The third-order valence-electron chi connectivity index (χ3n) is 3.94. The number of aromatic carboxylic acids is 1. The van der Waals surface area contributed by atoms with Gasteiger partial charge in [-0.05, 0) is 30.5 Å². The van der Waals surface area contributed by atoms with Crippen molar-refractivity contribution in [1.82, 2.24) is 0 Å². The first kappa shape index (κ1) is 18.5. The standard InChI is InChI=1S/C20H30O2/c1-2-3-4-5-6-7-8-9-10-11-12-13-18-14-16-19(17-15-18)20(21)22/h12-17H,2-11H2,1H3,(H,21,22). The highest BCUT2D eigenvalue weighted by molar-refractivity contribution is 5.87. The molecule has 2 nitrogen and oxygen atoms in total. The van der Waals surface area contributed by atoms with Crippen molar-refractivity contribution >= 4 is 12.0 Å². The van der Waals surface area contributed by atoms with Crippen LogP contribution in [0.5, 0.6) is 0 Å². The van der Waals surface area contributed by atoms with Gasteiger partial charge in [-0.15, -0.1) is 0 Å². The van der Waals surface area contributed by atoms with Gasteiger partial charge >= 0.3 is 5.97 Å². The van der Waals surface area contributed by atoms with Crippen molar-refractivity contribution in [1.29, 1.82) is 0 Å². The molecule has 0 radical (unpaired) electrons. The second-order valence-electron chi connectivity index (χ2n) is 5.95. The highest BCUT2D eigenvalue weighted by Gasteiger charge is 1.99. The second-order valence-corrected chi connectivity index (χ2v) is 5.95. The molecular weight excluding hydrogens is 272 g/mol. The number of hydrogen-bond donors (Lipinski definition) is 1. The minimum absolute atomic E-state index is 0.344. The highest BCUT2D eigenvalue weighted by atomic mass is 16.4. The number of rotatable bonds is 12. The van der Waals surface area contributed by atoms with Crippen LogP contribution in [0.15, 0.2) is 30.3 Å². The Morgan fingerprint density at radius 1 is 0.909 bits per heavy atom. The number of carbonyl (C=O) groups is 1. The van der Waals surface area contributed by atoms with Crippen LogP contribution in [0.4, 0.5) is 0 Å². The average Bonchev–Trinajstić information content (AvgIpc) is 2.53. The van der Waals surface area contributed by atoms with Gasteiger partial charge in [-0.1, -0.05) is 82.6 Å². The Morgan fingerprint density at radius 2 is 1.45 bits per heavy atom. The molecule has 0 aromatic heterocycles. The fourth-order valence-corrected chi connectivity index (χ4v) is 2.53. The van der Waals surface area contributed by atoms with Crippen LogP contribution in [0.2, 0.25) is 0 Å². The van der Waals surface area contributed by atoms with E-state index in [9.17, 15) is 4.79 Å². The monoisotopic (exact) mass is 302 g/mol. The van der Waals surface area contributed by atoms with E-state index in [0.29, 0.717) is 5.56 Å². The van der Waals surface area contributed by atoms with Crippen molar-refractivity contribution in [3.05, 3.63) is 41.5 Å². The molecule has 2 heteroatoms. The van der Waals surface area contributed by atoms with Crippen molar-refractivity contribution in [3.63, 3.8) is 0 Å². The van der Waals surface area contributed by atoms with Crippen molar-refractivity contribution < 1.29 is 9.90 Å². The summed E-state index contributed by atoms with van der Waals surface area (Å²) >= 11 is 0. The zero-order valence-electron chi connectivity index (χ0n) is 13.9. The highest BCUT2D eigenvalue weighted by Crippen LogP contribution is 2.12. The fourth-order valence-electron chi connectivity index (χ4n) is 2.53. The SMILES string of the molecule is CCCCCCCCCCCC=Cc1ccc(C(=O)O)cc1. The van der Waals surface area contributed by atoms with Crippen molar-refractivity contribution in [3.8, 4) is 0 Å². The van der Waals surface area contributed by atoms with E-state index in [-0.39, 0.29) is 0 Å². The van der Waals surface area contributed by atoms with Crippen LogP contribution in [0.3, 0.4) is 0 Å². The lowest BCUT2D eigenvalue weighted by atomic mass is 10.1. The first-order chi connectivity index (χ1) is 10.7. The zero-order valence-corrected chi connectivity index (χ0v) is 13.9. The number of allylic oxidation sites excluding steroid dienone is 1. The van der Waals surface area contributed by atoms with Gasteiger partial charge in [0.1, 0.15) is 0 Å². The summed E-state index contributed by atoms with van der Waals surface area (Å²) in [7, 11) is 0. The summed E-state index contributed by atoms with van der Waals surface area (Å²) in [6, 6.07) is 7.02. The Labute approximate surface area is 135 Å². The molecule has 1 N–H and O–H groups in total. The molecule has 0 spiro atoms. The van der Waals surface area contributed by atoms with E-state index < -0.39 is 5.97 Å². The van der Waals surface area contributed by atoms with Crippen LogP contribution < -0.4 is 0 Å². The van der Waals surface area contributed by atoms with E-state index in [0.717, 1.165) is 12.0 Å². The van der Waals surface area contributed by atoms with Crippen LogP contribution >= 0.6 is 0 Å². The lowest BCUT2D eigenvalue weighted by Crippen LogP contribution is -1.94. The average molecular weight is 302 g/mol. The Hall–Kier alpha value is -1.57. The number of benzene rings is 1. The molecule has 122 valence electrons. The Bertz CT molecular complexity index is 432. The van der Waals surface area contributed by atoms with Crippen molar-refractivity contribution in [2.75, 3.05) is 0 Å². The van der Waals surface area contributed by atoms with Gasteiger partial charge in [0.05, 0.1) is 5.56 Å². The van der Waals surface area contributed by atoms with Gasteiger partial charge in [0.15, 0.2) is 0 Å². The molecule has 1 aromatic carbocycles. The van der Waals surface area contributed by atoms with Gasteiger partial charge in [0.2, 0.25) is 0 Å². The largest absolute Gasteiger partial charge is 0.478 e. The minimum atomic E-state index is -0.870. The minimum Gasteiger partial charge on any atom is -0.478 e. The molecule has 0 atom stereocenters. The first-order valence-corrected chi connectivity index (χ1v) is 8.74. The smallest absolute Gasteiger partial charge is 0.335 e. The van der Waals surface area contributed by atoms with Crippen LogP contribution in [0, 0.1) is 0 Å². The maximum Gasteiger partial charge on any atom is 0.335 e. The lowest BCUT2D eigenvalue weighted by Gasteiger charge is -2.00. The number of hydrogen-bond acceptors (Lipinski definition) is 1. The summed E-state index contributed by atoms with van der Waals surface area (Å²) < 4.78 is 0. The van der Waals surface area contributed by atoms with E-state index in [1.54, 1.807) is 12.1 Å². The second kappa shape index (κ2) is 12.0. The molecule has 0 aliphatic heterocycles. The van der Waals surface area contributed by atoms with Crippen LogP contribution in [-0.2, 0) is 0 Å². The van der Waals surface area contributed by atoms with E-state index in [4.69, 9.17) is 5.11 Å². The van der Waals surface area contributed by atoms with Gasteiger partial charge in [0, 0.05) is 0 Å². The molecule has 0 heterocycles. The molecule has 0 unspecified atom stereocenters. The molecular formula is C20H30O2. The molecule has 0 bridgehead atoms. The normalized spacial score (nSPS) is 11.1. The summed E-state index contributed by atoms with van der Waals surface area (Å²) in [5.41, 5.74) is 1.41. The predicted molar refractivity (Wildman–Crippen MR) is 94.3 cm³/mol. The van der Waals surface area contributed by atoms with Crippen LogP contribution in [0.25, 0.3) is 6.08 Å². The summed E-state index contributed by atoms with van der Waals surface area (Å²) in [4.78, 5) is 10.8. The summed E-state index contributed by atoms with van der Waals surface area (Å²) in [6.07, 6.45) is 17.6. The molecule has 1 aromatic rings. The van der Waals surface area contributed by atoms with E-state index >= 15 is 0 Å². The quantitative estimate of drug-likeness (QED) is 0.459. The third kappa shape index (κ3) is 8.66. The van der Waals surface area contributed by atoms with Crippen molar-refractivity contribution in [2.45, 2.75) is 71.1 Å². The van der Waals surface area contributed by atoms with Gasteiger partial charge in [-0.25, -0.2) is 4.79 Å². The van der Waals surface area contributed by atoms with Gasteiger partial charge in [0.25, 0.3) is 0 Å². The Morgan fingerprint density at radius 3 is 2.00 bits per heavy atom. The van der Waals surface area contributed by atoms with Crippen LogP contribution in [-0.4, -0.2) is 11.1 Å².